The van der Waals surface area contributed by atoms with Gasteiger partial charge in [-0.25, -0.2) is 4.99 Å². The van der Waals surface area contributed by atoms with Crippen molar-refractivity contribution in [3.05, 3.63) is 64.3 Å². The molecule has 0 radical (unpaired) electrons. The highest BCUT2D eigenvalue weighted by Gasteiger charge is 2.17. The fraction of sp³-hybridized carbons (Fsp3) is 0.483. The molecule has 0 N–H and O–H groups in total. The van der Waals surface area contributed by atoms with Crippen molar-refractivity contribution in [2.75, 3.05) is 39.5 Å². The Morgan fingerprint density at radius 3 is 2.40 bits per heavy atom. The van der Waals surface area contributed by atoms with E-state index >= 15 is 0 Å². The summed E-state index contributed by atoms with van der Waals surface area (Å²) in [5, 5.41) is 2.27. The molecule has 2 heterocycles. The molecule has 0 unspecified atom stereocenters. The van der Waals surface area contributed by atoms with Crippen molar-refractivity contribution in [2.24, 2.45) is 4.99 Å². The molecule has 0 amide bonds. The molecule has 5 rings (SSSR count). The summed E-state index contributed by atoms with van der Waals surface area (Å²) in [5.74, 6) is 1.62. The summed E-state index contributed by atoms with van der Waals surface area (Å²) in [6.45, 7) is 8.25. The fourth-order valence-electron chi connectivity index (χ4n) is 5.19. The number of hydrogen-bond acceptors (Lipinski definition) is 5. The maximum absolute atomic E-state index is 5.60. The summed E-state index contributed by atoms with van der Waals surface area (Å²) < 4.78 is 13.5. The molecule has 5 nitrogen and oxygen atoms in total. The lowest BCUT2D eigenvalue weighted by atomic mass is 9.84. The molecule has 0 spiro atoms. The van der Waals surface area contributed by atoms with Gasteiger partial charge in [-0.1, -0.05) is 43.5 Å². The zero-order chi connectivity index (χ0) is 23.9. The van der Waals surface area contributed by atoms with Gasteiger partial charge in [0.05, 0.1) is 31.2 Å². The first kappa shape index (κ1) is 24.3. The van der Waals surface area contributed by atoms with Gasteiger partial charge in [0, 0.05) is 31.6 Å². The van der Waals surface area contributed by atoms with Crippen molar-refractivity contribution in [1.29, 1.82) is 0 Å². The van der Waals surface area contributed by atoms with Crippen molar-refractivity contribution in [3.63, 3.8) is 0 Å². The molecular formula is C29H37N3O2S. The number of thiazole rings is 1. The molecule has 1 aliphatic heterocycles. The van der Waals surface area contributed by atoms with Crippen molar-refractivity contribution in [3.8, 4) is 17.0 Å². The maximum Gasteiger partial charge on any atom is 0.190 e. The van der Waals surface area contributed by atoms with Crippen LogP contribution in [0.1, 0.15) is 50.5 Å². The minimum absolute atomic E-state index is 0.672. The lowest BCUT2D eigenvalue weighted by molar-refractivity contribution is 0.0363. The normalized spacial score (nSPS) is 18.1. The van der Waals surface area contributed by atoms with E-state index in [2.05, 4.69) is 39.1 Å². The van der Waals surface area contributed by atoms with Crippen molar-refractivity contribution >= 4 is 17.0 Å². The second-order valence-corrected chi connectivity index (χ2v) is 10.3. The Labute approximate surface area is 213 Å². The van der Waals surface area contributed by atoms with Crippen molar-refractivity contribution < 1.29 is 9.47 Å². The van der Waals surface area contributed by atoms with Gasteiger partial charge in [-0.15, -0.1) is 11.3 Å². The highest BCUT2D eigenvalue weighted by atomic mass is 32.1. The third-order valence-electron chi connectivity index (χ3n) is 7.20. The van der Waals surface area contributed by atoms with Crippen LogP contribution in [0, 0.1) is 0 Å². The zero-order valence-corrected chi connectivity index (χ0v) is 21.6. The minimum atomic E-state index is 0.672. The van der Waals surface area contributed by atoms with Crippen LogP contribution < -0.4 is 9.54 Å². The van der Waals surface area contributed by atoms with E-state index in [1.165, 1.54) is 48.9 Å². The summed E-state index contributed by atoms with van der Waals surface area (Å²) in [6, 6.07) is 17.4. The average Bonchev–Trinajstić information content (AvgIpc) is 3.32. The second-order valence-electron chi connectivity index (χ2n) is 9.50. The number of benzene rings is 2. The largest absolute Gasteiger partial charge is 0.494 e. The molecule has 35 heavy (non-hydrogen) atoms. The van der Waals surface area contributed by atoms with Crippen LogP contribution in [0.15, 0.2) is 58.9 Å². The van der Waals surface area contributed by atoms with E-state index in [1.807, 2.05) is 31.2 Å². The van der Waals surface area contributed by atoms with E-state index in [9.17, 15) is 0 Å². The number of nitrogens with zero attached hydrogens (tertiary/aromatic N) is 3. The molecule has 0 atom stereocenters. The smallest absolute Gasteiger partial charge is 0.190 e. The molecule has 1 aliphatic carbocycles. The Bertz CT molecular complexity index is 1120. The number of hydrogen-bond donors (Lipinski definition) is 0. The van der Waals surface area contributed by atoms with E-state index in [0.717, 1.165) is 61.5 Å². The summed E-state index contributed by atoms with van der Waals surface area (Å²) >= 11 is 1.72. The lowest BCUT2D eigenvalue weighted by Crippen LogP contribution is -2.39. The van der Waals surface area contributed by atoms with Crippen LogP contribution in [-0.2, 0) is 11.3 Å². The highest BCUT2D eigenvalue weighted by molar-refractivity contribution is 7.07. The topological polar surface area (TPSA) is 39.0 Å². The Hall–Kier alpha value is -2.41. The number of aromatic nitrogens is 1. The average molecular weight is 492 g/mol. The van der Waals surface area contributed by atoms with Crippen LogP contribution >= 0.6 is 11.3 Å². The number of ether oxygens (including phenoxy) is 2. The fourth-order valence-corrected chi connectivity index (χ4v) is 6.14. The van der Waals surface area contributed by atoms with Crippen LogP contribution in [0.25, 0.3) is 11.3 Å². The van der Waals surface area contributed by atoms with Gasteiger partial charge in [-0.2, -0.15) is 0 Å². The first-order valence-electron chi connectivity index (χ1n) is 13.2. The van der Waals surface area contributed by atoms with Gasteiger partial charge in [0.2, 0.25) is 0 Å². The molecule has 2 aromatic carbocycles. The molecule has 1 saturated heterocycles. The van der Waals surface area contributed by atoms with Gasteiger partial charge in [-0.3, -0.25) is 4.90 Å². The van der Waals surface area contributed by atoms with E-state index in [1.54, 1.807) is 11.3 Å². The Kier molecular flexibility index (Phi) is 8.34. The molecule has 0 bridgehead atoms. The number of rotatable bonds is 8. The Balaban J connectivity index is 1.42. The quantitative estimate of drug-likeness (QED) is 0.375. The predicted molar refractivity (Wildman–Crippen MR) is 144 cm³/mol. The molecule has 186 valence electrons. The number of morpholine rings is 1. The highest BCUT2D eigenvalue weighted by Crippen LogP contribution is 2.33. The SMILES string of the molecule is CCOc1ccc(N=c2scc(-c3ccc(C4CCCCC4)cc3)n2CCN2CCOCC2)cc1. The molecule has 3 aromatic rings. The summed E-state index contributed by atoms with van der Waals surface area (Å²) in [7, 11) is 0. The van der Waals surface area contributed by atoms with Crippen LogP contribution in [0.4, 0.5) is 5.69 Å². The maximum atomic E-state index is 5.60. The molecule has 2 aliphatic rings. The predicted octanol–water partition coefficient (Wildman–Crippen LogP) is 6.23. The third kappa shape index (κ3) is 6.24. The van der Waals surface area contributed by atoms with Crippen LogP contribution in [0.3, 0.4) is 0 Å². The third-order valence-corrected chi connectivity index (χ3v) is 8.06. The lowest BCUT2D eigenvalue weighted by Gasteiger charge is -2.27. The summed E-state index contributed by atoms with van der Waals surface area (Å²) in [6.07, 6.45) is 6.81. The van der Waals surface area contributed by atoms with Gasteiger partial charge in [0.25, 0.3) is 0 Å². The van der Waals surface area contributed by atoms with Gasteiger partial charge in [0.1, 0.15) is 5.75 Å². The van der Waals surface area contributed by atoms with Gasteiger partial charge in [-0.05, 0) is 61.1 Å². The van der Waals surface area contributed by atoms with Crippen LogP contribution in [0.5, 0.6) is 5.75 Å². The monoisotopic (exact) mass is 491 g/mol. The molecular weight excluding hydrogens is 454 g/mol. The minimum Gasteiger partial charge on any atom is -0.494 e. The molecule has 1 aromatic heterocycles. The van der Waals surface area contributed by atoms with Crippen molar-refractivity contribution in [2.45, 2.75) is 51.5 Å². The van der Waals surface area contributed by atoms with Gasteiger partial charge >= 0.3 is 0 Å². The first-order chi connectivity index (χ1) is 17.3. The zero-order valence-electron chi connectivity index (χ0n) is 20.8. The van der Waals surface area contributed by atoms with Gasteiger partial charge in [0.15, 0.2) is 4.80 Å². The van der Waals surface area contributed by atoms with Gasteiger partial charge < -0.3 is 14.0 Å². The van der Waals surface area contributed by atoms with Crippen LogP contribution in [-0.4, -0.2) is 48.9 Å². The van der Waals surface area contributed by atoms with Crippen molar-refractivity contribution in [1.82, 2.24) is 9.47 Å². The second kappa shape index (κ2) is 12.0. The van der Waals surface area contributed by atoms with E-state index in [-0.39, 0.29) is 0 Å². The molecule has 1 saturated carbocycles. The standard InChI is InChI=1S/C29H37N3O2S/c1-2-34-27-14-12-26(13-15-27)30-29-32(17-16-31-18-20-33-21-19-31)28(22-35-29)25-10-8-24(9-11-25)23-6-4-3-5-7-23/h8-15,22-23H,2-7,16-21H2,1H3. The summed E-state index contributed by atoms with van der Waals surface area (Å²) in [5.41, 5.74) is 4.98. The Morgan fingerprint density at radius 2 is 1.69 bits per heavy atom. The van der Waals surface area contributed by atoms with Crippen LogP contribution in [0.2, 0.25) is 0 Å². The van der Waals surface area contributed by atoms with E-state index in [4.69, 9.17) is 14.5 Å². The van der Waals surface area contributed by atoms with E-state index in [0.29, 0.717) is 6.61 Å². The summed E-state index contributed by atoms with van der Waals surface area (Å²) in [4.78, 5) is 8.55. The molecule has 6 heteroatoms. The first-order valence-corrected chi connectivity index (χ1v) is 14.0. The molecule has 2 fully saturated rings. The van der Waals surface area contributed by atoms with E-state index < -0.39 is 0 Å². The Morgan fingerprint density at radius 1 is 0.943 bits per heavy atom.